The van der Waals surface area contributed by atoms with Crippen molar-refractivity contribution >= 4 is 40.9 Å². The fraction of sp³-hybridized carbons (Fsp3) is 0.200. The Labute approximate surface area is 176 Å². The summed E-state index contributed by atoms with van der Waals surface area (Å²) in [4.78, 5) is 14.2. The van der Waals surface area contributed by atoms with Gasteiger partial charge in [0.05, 0.1) is 13.2 Å². The van der Waals surface area contributed by atoms with Crippen molar-refractivity contribution in [1.82, 2.24) is 10.2 Å². The molecule has 29 heavy (non-hydrogen) atoms. The third kappa shape index (κ3) is 5.02. The predicted molar refractivity (Wildman–Crippen MR) is 110 cm³/mol. The average Bonchev–Trinajstić information content (AvgIpc) is 2.93. The zero-order valence-electron chi connectivity index (χ0n) is 15.3. The lowest BCUT2D eigenvalue weighted by atomic mass is 10.1. The van der Waals surface area contributed by atoms with Crippen LogP contribution in [0, 0.1) is 0 Å². The molecule has 0 bridgehead atoms. The summed E-state index contributed by atoms with van der Waals surface area (Å²) in [7, 11) is 0. The number of thiocarbonyl (C=S) groups is 1. The Hall–Kier alpha value is -2.71. The summed E-state index contributed by atoms with van der Waals surface area (Å²) in [6, 6.07) is 11.6. The standard InChI is InChI=1S/C20H17ClF2N2O3S/c1-2-27-17-10-12(7-8-16(17)28-19(22)23)9-15-18(26)25(20(29)24-15)11-13-5-3-4-6-14(13)21/h3-10,19H,2,11H2,1H3,(H,24,29)/b15-9-. The molecule has 0 unspecified atom stereocenters. The van der Waals surface area contributed by atoms with Crippen molar-refractivity contribution in [3.05, 3.63) is 64.3 Å². The van der Waals surface area contributed by atoms with Crippen LogP contribution in [0.2, 0.25) is 5.02 Å². The first-order chi connectivity index (χ1) is 13.9. The van der Waals surface area contributed by atoms with Crippen LogP contribution in [0.5, 0.6) is 11.5 Å². The van der Waals surface area contributed by atoms with Gasteiger partial charge < -0.3 is 14.8 Å². The number of benzene rings is 2. The molecule has 5 nitrogen and oxygen atoms in total. The first-order valence-electron chi connectivity index (χ1n) is 8.68. The molecule has 0 spiro atoms. The van der Waals surface area contributed by atoms with Gasteiger partial charge in [-0.1, -0.05) is 35.9 Å². The molecule has 3 rings (SSSR count). The number of hydrogen-bond acceptors (Lipinski definition) is 4. The molecule has 1 aliphatic heterocycles. The number of halogens is 3. The highest BCUT2D eigenvalue weighted by molar-refractivity contribution is 7.80. The molecule has 152 valence electrons. The predicted octanol–water partition coefficient (Wildman–Crippen LogP) is 4.60. The molecule has 1 aliphatic rings. The molecular weight excluding hydrogens is 422 g/mol. The number of carbonyl (C=O) groups excluding carboxylic acids is 1. The van der Waals surface area contributed by atoms with E-state index in [1.165, 1.54) is 17.0 Å². The Kier molecular flexibility index (Phi) is 6.66. The van der Waals surface area contributed by atoms with E-state index in [2.05, 4.69) is 10.1 Å². The van der Waals surface area contributed by atoms with Crippen LogP contribution in [0.1, 0.15) is 18.1 Å². The van der Waals surface area contributed by atoms with E-state index < -0.39 is 6.61 Å². The summed E-state index contributed by atoms with van der Waals surface area (Å²) >= 11 is 11.4. The number of amides is 1. The van der Waals surface area contributed by atoms with Gasteiger partial charge in [-0.3, -0.25) is 9.69 Å². The van der Waals surface area contributed by atoms with Gasteiger partial charge in [0.2, 0.25) is 0 Å². The molecule has 0 radical (unpaired) electrons. The molecule has 1 amide bonds. The van der Waals surface area contributed by atoms with E-state index in [-0.39, 0.29) is 41.4 Å². The highest BCUT2D eigenvalue weighted by Crippen LogP contribution is 2.31. The second kappa shape index (κ2) is 9.19. The molecule has 0 saturated carbocycles. The topological polar surface area (TPSA) is 50.8 Å². The van der Waals surface area contributed by atoms with Crippen LogP contribution in [-0.2, 0) is 11.3 Å². The molecule has 1 heterocycles. The van der Waals surface area contributed by atoms with Gasteiger partial charge in [0.25, 0.3) is 5.91 Å². The van der Waals surface area contributed by atoms with Crippen LogP contribution in [-0.4, -0.2) is 29.1 Å². The fourth-order valence-electron chi connectivity index (χ4n) is 2.75. The summed E-state index contributed by atoms with van der Waals surface area (Å²) in [6.07, 6.45) is 1.57. The first kappa shape index (κ1) is 21.0. The second-order valence-corrected chi connectivity index (χ2v) is 6.78. The highest BCUT2D eigenvalue weighted by atomic mass is 35.5. The van der Waals surface area contributed by atoms with Gasteiger partial charge in [-0.2, -0.15) is 8.78 Å². The van der Waals surface area contributed by atoms with Gasteiger partial charge >= 0.3 is 6.61 Å². The minimum absolute atomic E-state index is 0.0782. The van der Waals surface area contributed by atoms with E-state index >= 15 is 0 Å². The third-order valence-electron chi connectivity index (χ3n) is 4.04. The van der Waals surface area contributed by atoms with E-state index in [1.54, 1.807) is 31.2 Å². The summed E-state index contributed by atoms with van der Waals surface area (Å²) in [5, 5.41) is 3.67. The third-order valence-corrected chi connectivity index (χ3v) is 4.73. The molecule has 2 aromatic rings. The Morgan fingerprint density at radius 1 is 1.24 bits per heavy atom. The second-order valence-electron chi connectivity index (χ2n) is 5.99. The van der Waals surface area contributed by atoms with E-state index in [0.29, 0.717) is 10.6 Å². The lowest BCUT2D eigenvalue weighted by Crippen LogP contribution is -2.30. The average molecular weight is 439 g/mol. The summed E-state index contributed by atoms with van der Waals surface area (Å²) in [5.41, 5.74) is 1.58. The largest absolute Gasteiger partial charge is 0.490 e. The lowest BCUT2D eigenvalue weighted by Gasteiger charge is -2.14. The van der Waals surface area contributed by atoms with Gasteiger partial charge in [-0.05, 0) is 54.5 Å². The van der Waals surface area contributed by atoms with Gasteiger partial charge in [0.1, 0.15) is 5.70 Å². The van der Waals surface area contributed by atoms with Crippen molar-refractivity contribution < 1.29 is 23.0 Å². The number of nitrogens with zero attached hydrogens (tertiary/aromatic N) is 1. The van der Waals surface area contributed by atoms with Crippen LogP contribution in [0.15, 0.2) is 48.2 Å². The molecule has 9 heteroatoms. The van der Waals surface area contributed by atoms with Crippen molar-refractivity contribution in [3.63, 3.8) is 0 Å². The smallest absolute Gasteiger partial charge is 0.387 e. The van der Waals surface area contributed by atoms with Crippen LogP contribution >= 0.6 is 23.8 Å². The zero-order valence-corrected chi connectivity index (χ0v) is 16.9. The molecular formula is C20H17ClF2N2O3S. The quantitative estimate of drug-likeness (QED) is 0.506. The monoisotopic (exact) mass is 438 g/mol. The van der Waals surface area contributed by atoms with Crippen LogP contribution in [0.3, 0.4) is 0 Å². The number of hydrogen-bond donors (Lipinski definition) is 1. The van der Waals surface area contributed by atoms with E-state index in [4.69, 9.17) is 28.6 Å². The minimum Gasteiger partial charge on any atom is -0.490 e. The maximum atomic E-state index is 12.8. The van der Waals surface area contributed by atoms with Crippen LogP contribution in [0.4, 0.5) is 8.78 Å². The Morgan fingerprint density at radius 3 is 2.69 bits per heavy atom. The van der Waals surface area contributed by atoms with Crippen molar-refractivity contribution in [3.8, 4) is 11.5 Å². The number of ether oxygens (including phenoxy) is 2. The number of alkyl halides is 2. The SMILES string of the molecule is CCOc1cc(/C=C2\NC(=S)N(Cc3ccccc3Cl)C2=O)ccc1OC(F)F. The lowest BCUT2D eigenvalue weighted by molar-refractivity contribution is -0.122. The van der Waals surface area contributed by atoms with Gasteiger partial charge in [0.15, 0.2) is 16.6 Å². The fourth-order valence-corrected chi connectivity index (χ4v) is 3.21. The van der Waals surface area contributed by atoms with Crippen molar-refractivity contribution in [2.45, 2.75) is 20.1 Å². The molecule has 1 saturated heterocycles. The molecule has 0 aliphatic carbocycles. The zero-order chi connectivity index (χ0) is 21.0. The molecule has 1 N–H and O–H groups in total. The maximum Gasteiger partial charge on any atom is 0.387 e. The molecule has 1 fully saturated rings. The van der Waals surface area contributed by atoms with Crippen LogP contribution < -0.4 is 14.8 Å². The molecule has 0 atom stereocenters. The van der Waals surface area contributed by atoms with Crippen molar-refractivity contribution in [1.29, 1.82) is 0 Å². The van der Waals surface area contributed by atoms with E-state index in [0.717, 1.165) is 5.56 Å². The van der Waals surface area contributed by atoms with Gasteiger partial charge in [0, 0.05) is 5.02 Å². The molecule has 2 aromatic carbocycles. The van der Waals surface area contributed by atoms with Crippen LogP contribution in [0.25, 0.3) is 6.08 Å². The Morgan fingerprint density at radius 2 is 2.00 bits per heavy atom. The van der Waals surface area contributed by atoms with Crippen molar-refractivity contribution in [2.24, 2.45) is 0 Å². The normalized spacial score (nSPS) is 15.2. The van der Waals surface area contributed by atoms with Gasteiger partial charge in [-0.25, -0.2) is 0 Å². The number of nitrogens with one attached hydrogen (secondary N) is 1. The summed E-state index contributed by atoms with van der Waals surface area (Å²) in [5.74, 6) is -0.241. The Balaban J connectivity index is 1.83. The first-order valence-corrected chi connectivity index (χ1v) is 9.47. The van der Waals surface area contributed by atoms with E-state index in [9.17, 15) is 13.6 Å². The summed E-state index contributed by atoms with van der Waals surface area (Å²) < 4.78 is 34.9. The van der Waals surface area contributed by atoms with Gasteiger partial charge in [-0.15, -0.1) is 0 Å². The number of carbonyl (C=O) groups is 1. The minimum atomic E-state index is -2.97. The summed E-state index contributed by atoms with van der Waals surface area (Å²) in [6.45, 7) is -0.739. The van der Waals surface area contributed by atoms with Crippen molar-refractivity contribution in [2.75, 3.05) is 6.61 Å². The number of rotatable bonds is 7. The highest BCUT2D eigenvalue weighted by Gasteiger charge is 2.31. The Bertz CT molecular complexity index is 968. The maximum absolute atomic E-state index is 12.8. The van der Waals surface area contributed by atoms with E-state index in [1.807, 2.05) is 12.1 Å². The molecule has 0 aromatic heterocycles.